The molecule has 0 saturated heterocycles. The molecule has 0 aliphatic rings. The number of hydrogen-bond donors (Lipinski definition) is 1. The Hall–Kier alpha value is -1.96. The van der Waals surface area contributed by atoms with Gasteiger partial charge in [0.2, 0.25) is 0 Å². The number of hydrogen-bond acceptors (Lipinski definition) is 2. The summed E-state index contributed by atoms with van der Waals surface area (Å²) in [5, 5.41) is 0. The second-order valence-electron chi connectivity index (χ2n) is 8.61. The Morgan fingerprint density at radius 1 is 0.633 bits per heavy atom. The third kappa shape index (κ3) is 6.79. The average Bonchev–Trinajstić information content (AvgIpc) is 2.77. The quantitative estimate of drug-likeness (QED) is 0.321. The lowest BCUT2D eigenvalue weighted by atomic mass is 9.88. The summed E-state index contributed by atoms with van der Waals surface area (Å²) in [6, 6.07) is 13.2. The van der Waals surface area contributed by atoms with Crippen LogP contribution in [0.2, 0.25) is 0 Å². The van der Waals surface area contributed by atoms with Gasteiger partial charge >= 0.3 is 0 Å². The topological polar surface area (TPSA) is 29.3 Å². The lowest BCUT2D eigenvalue weighted by Crippen LogP contribution is -2.27. The van der Waals surface area contributed by atoms with Crippen molar-refractivity contribution >= 4 is 11.4 Å². The number of nitrogens with zero attached hydrogens (tertiary/aromatic N) is 1. The van der Waals surface area contributed by atoms with Crippen molar-refractivity contribution in [1.82, 2.24) is 0 Å². The molecule has 0 unspecified atom stereocenters. The van der Waals surface area contributed by atoms with Gasteiger partial charge in [-0.15, -0.1) is 0 Å². The highest BCUT2D eigenvalue weighted by Gasteiger charge is 2.18. The van der Waals surface area contributed by atoms with E-state index >= 15 is 0 Å². The van der Waals surface area contributed by atoms with Gasteiger partial charge in [-0.3, -0.25) is 0 Å². The summed E-state index contributed by atoms with van der Waals surface area (Å²) in [4.78, 5) is 2.68. The van der Waals surface area contributed by atoms with Crippen LogP contribution in [0.4, 0.5) is 11.4 Å². The molecule has 2 heteroatoms. The molecule has 0 saturated carbocycles. The first kappa shape index (κ1) is 24.3. The van der Waals surface area contributed by atoms with Gasteiger partial charge in [0.1, 0.15) is 0 Å². The van der Waals surface area contributed by atoms with E-state index in [1.165, 1.54) is 94.1 Å². The maximum absolute atomic E-state index is 5.97. The molecule has 0 aliphatic carbocycles. The van der Waals surface area contributed by atoms with Crippen LogP contribution >= 0.6 is 0 Å². The Bertz CT molecular complexity index is 725. The van der Waals surface area contributed by atoms with Crippen molar-refractivity contribution < 1.29 is 0 Å². The smallest absolute Gasteiger partial charge is 0.0401 e. The normalized spacial score (nSPS) is 11.1. The van der Waals surface area contributed by atoms with Crippen LogP contribution in [-0.2, 0) is 12.8 Å². The molecule has 30 heavy (non-hydrogen) atoms. The van der Waals surface area contributed by atoms with Crippen molar-refractivity contribution in [3.8, 4) is 11.1 Å². The minimum atomic E-state index is 0.835. The molecule has 2 aromatic carbocycles. The molecule has 0 heterocycles. The van der Waals surface area contributed by atoms with Gasteiger partial charge in [0, 0.05) is 24.5 Å². The molecule has 0 fully saturated rings. The zero-order chi connectivity index (χ0) is 21.8. The zero-order valence-electron chi connectivity index (χ0n) is 20.0. The second-order valence-corrected chi connectivity index (χ2v) is 8.61. The molecule has 0 aromatic heterocycles. The number of rotatable bonds is 14. The minimum absolute atomic E-state index is 0.835. The fourth-order valence-corrected chi connectivity index (χ4v) is 4.23. The maximum Gasteiger partial charge on any atom is 0.0401 e. The predicted octanol–water partition coefficient (Wildman–Crippen LogP) is 8.03. The summed E-state index contributed by atoms with van der Waals surface area (Å²) < 4.78 is 0. The van der Waals surface area contributed by atoms with Gasteiger partial charge in [-0.2, -0.15) is 0 Å². The molecule has 0 amide bonds. The minimum Gasteiger partial charge on any atom is -0.399 e. The summed E-state index contributed by atoms with van der Waals surface area (Å²) in [6.45, 7) is 11.5. The van der Waals surface area contributed by atoms with Crippen molar-refractivity contribution in [2.24, 2.45) is 0 Å². The third-order valence-corrected chi connectivity index (χ3v) is 6.09. The van der Waals surface area contributed by atoms with E-state index in [0.717, 1.165) is 5.69 Å². The van der Waals surface area contributed by atoms with Crippen molar-refractivity contribution in [3.05, 3.63) is 47.5 Å². The van der Waals surface area contributed by atoms with Gasteiger partial charge in [-0.05, 0) is 79.0 Å². The van der Waals surface area contributed by atoms with Crippen LogP contribution in [0.5, 0.6) is 0 Å². The SMILES string of the molecule is CCCCc1c(-c2ccc(N)cc2)ccc(N(CCCC)CCCC)c1CCCC. The van der Waals surface area contributed by atoms with Gasteiger partial charge < -0.3 is 10.6 Å². The predicted molar refractivity (Wildman–Crippen MR) is 136 cm³/mol. The second kappa shape index (κ2) is 13.4. The van der Waals surface area contributed by atoms with E-state index in [2.05, 4.69) is 56.9 Å². The Balaban J connectivity index is 2.58. The molecular weight excluding hydrogens is 364 g/mol. The van der Waals surface area contributed by atoms with Crippen molar-refractivity contribution in [2.45, 2.75) is 91.9 Å². The summed E-state index contributed by atoms with van der Waals surface area (Å²) in [5.74, 6) is 0. The third-order valence-electron chi connectivity index (χ3n) is 6.09. The molecular formula is C28H44N2. The van der Waals surface area contributed by atoms with Crippen LogP contribution in [-0.4, -0.2) is 13.1 Å². The molecule has 0 bridgehead atoms. The Kier molecular flexibility index (Phi) is 10.8. The van der Waals surface area contributed by atoms with Crippen LogP contribution in [0, 0.1) is 0 Å². The summed E-state index contributed by atoms with van der Waals surface area (Å²) in [6.07, 6.45) is 12.3. The summed E-state index contributed by atoms with van der Waals surface area (Å²) in [5.41, 5.74) is 14.2. The first-order chi connectivity index (χ1) is 14.7. The molecule has 2 nitrogen and oxygen atoms in total. The van der Waals surface area contributed by atoms with E-state index in [-0.39, 0.29) is 0 Å². The van der Waals surface area contributed by atoms with Crippen LogP contribution in [0.15, 0.2) is 36.4 Å². The summed E-state index contributed by atoms with van der Waals surface area (Å²) >= 11 is 0. The largest absolute Gasteiger partial charge is 0.399 e. The van der Waals surface area contributed by atoms with Crippen LogP contribution in [0.25, 0.3) is 11.1 Å². The van der Waals surface area contributed by atoms with E-state index in [1.54, 1.807) is 11.1 Å². The molecule has 0 aliphatic heterocycles. The number of anilines is 2. The Labute approximate surface area is 185 Å². The monoisotopic (exact) mass is 408 g/mol. The molecule has 2 aromatic rings. The van der Waals surface area contributed by atoms with E-state index in [9.17, 15) is 0 Å². The lowest BCUT2D eigenvalue weighted by Gasteiger charge is -2.30. The highest BCUT2D eigenvalue weighted by Crippen LogP contribution is 2.36. The van der Waals surface area contributed by atoms with Crippen molar-refractivity contribution in [3.63, 3.8) is 0 Å². The summed E-state index contributed by atoms with van der Waals surface area (Å²) in [7, 11) is 0. The standard InChI is InChI=1S/C28H44N2/c1-5-9-13-26-25(23-15-17-24(29)18-16-23)19-20-28(27(26)14-10-6-2)30(21-11-7-3)22-12-8-4/h15-20H,5-14,21-22,29H2,1-4H3. The number of nitrogen functional groups attached to an aromatic ring is 1. The first-order valence-corrected chi connectivity index (χ1v) is 12.4. The van der Waals surface area contributed by atoms with Crippen LogP contribution in [0.1, 0.15) is 90.2 Å². The molecule has 2 rings (SSSR count). The number of unbranched alkanes of at least 4 members (excludes halogenated alkanes) is 4. The molecule has 0 radical (unpaired) electrons. The molecule has 0 atom stereocenters. The first-order valence-electron chi connectivity index (χ1n) is 12.4. The number of benzene rings is 2. The van der Waals surface area contributed by atoms with Gasteiger partial charge in [0.15, 0.2) is 0 Å². The van der Waals surface area contributed by atoms with E-state index in [0.29, 0.717) is 0 Å². The van der Waals surface area contributed by atoms with Gasteiger partial charge in [-0.1, -0.05) is 71.6 Å². The Morgan fingerprint density at radius 3 is 1.70 bits per heavy atom. The number of nitrogens with two attached hydrogens (primary N) is 1. The average molecular weight is 409 g/mol. The fourth-order valence-electron chi connectivity index (χ4n) is 4.23. The lowest BCUT2D eigenvalue weighted by molar-refractivity contribution is 0.671. The van der Waals surface area contributed by atoms with Crippen LogP contribution < -0.4 is 10.6 Å². The Morgan fingerprint density at radius 2 is 1.17 bits per heavy atom. The van der Waals surface area contributed by atoms with E-state index in [4.69, 9.17) is 5.73 Å². The van der Waals surface area contributed by atoms with Gasteiger partial charge in [-0.25, -0.2) is 0 Å². The molecule has 0 spiro atoms. The zero-order valence-corrected chi connectivity index (χ0v) is 20.0. The molecule has 166 valence electrons. The highest BCUT2D eigenvalue weighted by molar-refractivity contribution is 5.75. The van der Waals surface area contributed by atoms with Crippen molar-refractivity contribution in [2.75, 3.05) is 23.7 Å². The maximum atomic E-state index is 5.97. The van der Waals surface area contributed by atoms with Crippen molar-refractivity contribution in [1.29, 1.82) is 0 Å². The van der Waals surface area contributed by atoms with E-state index in [1.807, 2.05) is 12.1 Å². The molecule has 2 N–H and O–H groups in total. The highest BCUT2D eigenvalue weighted by atomic mass is 15.1. The fraction of sp³-hybridized carbons (Fsp3) is 0.571. The van der Waals surface area contributed by atoms with Gasteiger partial charge in [0.25, 0.3) is 0 Å². The van der Waals surface area contributed by atoms with E-state index < -0.39 is 0 Å². The van der Waals surface area contributed by atoms with Crippen LogP contribution in [0.3, 0.4) is 0 Å². The van der Waals surface area contributed by atoms with Gasteiger partial charge in [0.05, 0.1) is 0 Å².